The fourth-order valence-corrected chi connectivity index (χ4v) is 1.82. The molecule has 0 amide bonds. The number of rotatable bonds is 3. The number of halogens is 1. The maximum atomic E-state index is 11.5. The Kier molecular flexibility index (Phi) is 3.11. The molecule has 7 nitrogen and oxygen atoms in total. The average molecular weight is 293 g/mol. The standard InChI is InChI=1S/C12H9ClN4O3/c1-2-19-12(18)7-5-9(20-16-7)8-6-17-11(14-8)4-3-10(13)15-17/h3-6H,2H2,1H3. The summed E-state index contributed by atoms with van der Waals surface area (Å²) in [6.07, 6.45) is 1.64. The molecule has 20 heavy (non-hydrogen) atoms. The van der Waals surface area contributed by atoms with Gasteiger partial charge >= 0.3 is 5.97 Å². The molecular weight excluding hydrogens is 284 g/mol. The van der Waals surface area contributed by atoms with E-state index >= 15 is 0 Å². The molecule has 0 aliphatic heterocycles. The van der Waals surface area contributed by atoms with E-state index in [4.69, 9.17) is 20.9 Å². The molecule has 8 heteroatoms. The monoisotopic (exact) mass is 292 g/mol. The van der Waals surface area contributed by atoms with E-state index in [1.165, 1.54) is 10.6 Å². The van der Waals surface area contributed by atoms with Crippen LogP contribution in [0.4, 0.5) is 0 Å². The second-order valence-corrected chi connectivity index (χ2v) is 4.27. The minimum atomic E-state index is -0.535. The number of aromatic nitrogens is 4. The van der Waals surface area contributed by atoms with Crippen LogP contribution in [0.5, 0.6) is 0 Å². The second-order valence-electron chi connectivity index (χ2n) is 3.88. The summed E-state index contributed by atoms with van der Waals surface area (Å²) < 4.78 is 11.4. The fourth-order valence-electron chi connectivity index (χ4n) is 1.67. The van der Waals surface area contributed by atoms with Gasteiger partial charge in [-0.25, -0.2) is 14.3 Å². The Hall–Kier alpha value is -2.41. The first-order valence-electron chi connectivity index (χ1n) is 5.83. The number of ether oxygens (including phenoxy) is 1. The maximum absolute atomic E-state index is 11.5. The molecule has 3 aromatic rings. The lowest BCUT2D eigenvalue weighted by molar-refractivity contribution is 0.0514. The zero-order valence-corrected chi connectivity index (χ0v) is 11.2. The SMILES string of the molecule is CCOC(=O)c1cc(-c2cn3nc(Cl)ccc3n2)on1. The molecule has 0 saturated heterocycles. The zero-order chi connectivity index (χ0) is 14.1. The van der Waals surface area contributed by atoms with E-state index in [2.05, 4.69) is 15.2 Å². The predicted molar refractivity (Wildman–Crippen MR) is 69.5 cm³/mol. The van der Waals surface area contributed by atoms with E-state index in [0.717, 1.165) is 0 Å². The topological polar surface area (TPSA) is 82.5 Å². The molecular formula is C12H9ClN4O3. The van der Waals surface area contributed by atoms with Crippen molar-refractivity contribution in [3.8, 4) is 11.5 Å². The molecule has 0 spiro atoms. The summed E-state index contributed by atoms with van der Waals surface area (Å²) >= 11 is 5.80. The first-order chi connectivity index (χ1) is 9.67. The molecule has 0 aliphatic rings. The number of hydrogen-bond acceptors (Lipinski definition) is 6. The quantitative estimate of drug-likeness (QED) is 0.688. The summed E-state index contributed by atoms with van der Waals surface area (Å²) in [6, 6.07) is 4.83. The van der Waals surface area contributed by atoms with Gasteiger partial charge in [-0.2, -0.15) is 5.10 Å². The Bertz CT molecular complexity index is 780. The highest BCUT2D eigenvalue weighted by Crippen LogP contribution is 2.20. The lowest BCUT2D eigenvalue weighted by Crippen LogP contribution is -2.04. The summed E-state index contributed by atoms with van der Waals surface area (Å²) in [5.74, 6) is -0.179. The molecule has 0 fully saturated rings. The minimum absolute atomic E-state index is 0.102. The molecule has 0 N–H and O–H groups in total. The third kappa shape index (κ3) is 2.23. The van der Waals surface area contributed by atoms with Crippen molar-refractivity contribution in [1.29, 1.82) is 0 Å². The van der Waals surface area contributed by atoms with Gasteiger partial charge in [0.05, 0.1) is 12.8 Å². The van der Waals surface area contributed by atoms with Crippen molar-refractivity contribution >= 4 is 23.2 Å². The van der Waals surface area contributed by atoms with Crippen LogP contribution in [0.15, 0.2) is 28.9 Å². The van der Waals surface area contributed by atoms with Crippen LogP contribution in [-0.4, -0.2) is 32.3 Å². The van der Waals surface area contributed by atoms with Gasteiger partial charge in [-0.15, -0.1) is 0 Å². The Morgan fingerprint density at radius 2 is 2.35 bits per heavy atom. The van der Waals surface area contributed by atoms with E-state index in [0.29, 0.717) is 22.3 Å². The summed E-state index contributed by atoms with van der Waals surface area (Å²) in [7, 11) is 0. The number of hydrogen-bond donors (Lipinski definition) is 0. The van der Waals surface area contributed by atoms with Gasteiger partial charge in [0.25, 0.3) is 0 Å². The van der Waals surface area contributed by atoms with Gasteiger partial charge < -0.3 is 9.26 Å². The minimum Gasteiger partial charge on any atom is -0.461 e. The number of nitrogens with zero attached hydrogens (tertiary/aromatic N) is 4. The largest absolute Gasteiger partial charge is 0.461 e. The average Bonchev–Trinajstić information content (AvgIpc) is 3.04. The summed E-state index contributed by atoms with van der Waals surface area (Å²) in [5, 5.41) is 8.07. The number of esters is 1. The number of carbonyl (C=O) groups is 1. The molecule has 102 valence electrons. The number of fused-ring (bicyclic) bond motifs is 1. The van der Waals surface area contributed by atoms with Crippen LogP contribution in [0.3, 0.4) is 0 Å². The van der Waals surface area contributed by atoms with E-state index in [9.17, 15) is 4.79 Å². The van der Waals surface area contributed by atoms with Gasteiger partial charge in [-0.1, -0.05) is 16.8 Å². The van der Waals surface area contributed by atoms with Crippen molar-refractivity contribution in [2.75, 3.05) is 6.61 Å². The highest BCUT2D eigenvalue weighted by atomic mass is 35.5. The van der Waals surface area contributed by atoms with Crippen molar-refractivity contribution < 1.29 is 14.1 Å². The van der Waals surface area contributed by atoms with Crippen LogP contribution in [0, 0.1) is 0 Å². The van der Waals surface area contributed by atoms with E-state index in [-0.39, 0.29) is 12.3 Å². The highest BCUT2D eigenvalue weighted by molar-refractivity contribution is 6.29. The van der Waals surface area contributed by atoms with Gasteiger partial charge in [0.15, 0.2) is 17.1 Å². The van der Waals surface area contributed by atoms with Gasteiger partial charge in [0.2, 0.25) is 0 Å². The Morgan fingerprint density at radius 1 is 1.50 bits per heavy atom. The molecule has 0 aliphatic carbocycles. The Morgan fingerprint density at radius 3 is 3.15 bits per heavy atom. The van der Waals surface area contributed by atoms with Crippen molar-refractivity contribution in [2.24, 2.45) is 0 Å². The molecule has 0 bridgehead atoms. The Labute approximate surface area is 118 Å². The third-order valence-corrected chi connectivity index (χ3v) is 2.74. The van der Waals surface area contributed by atoms with Crippen molar-refractivity contribution in [3.63, 3.8) is 0 Å². The lowest BCUT2D eigenvalue weighted by atomic mass is 10.3. The van der Waals surface area contributed by atoms with E-state index in [1.54, 1.807) is 25.3 Å². The molecule has 0 radical (unpaired) electrons. The molecule has 0 atom stereocenters. The van der Waals surface area contributed by atoms with Crippen molar-refractivity contribution in [1.82, 2.24) is 19.8 Å². The highest BCUT2D eigenvalue weighted by Gasteiger charge is 2.16. The van der Waals surface area contributed by atoms with Crippen molar-refractivity contribution in [2.45, 2.75) is 6.92 Å². The predicted octanol–water partition coefficient (Wildman–Crippen LogP) is 2.21. The fraction of sp³-hybridized carbons (Fsp3) is 0.167. The smallest absolute Gasteiger partial charge is 0.360 e. The first kappa shape index (κ1) is 12.6. The van der Waals surface area contributed by atoms with E-state index in [1.807, 2.05) is 0 Å². The normalized spacial score (nSPS) is 10.9. The van der Waals surface area contributed by atoms with Crippen molar-refractivity contribution in [3.05, 3.63) is 35.2 Å². The first-order valence-corrected chi connectivity index (χ1v) is 6.21. The zero-order valence-electron chi connectivity index (χ0n) is 10.4. The number of carbonyl (C=O) groups excluding carboxylic acids is 1. The van der Waals surface area contributed by atoms with Crippen LogP contribution < -0.4 is 0 Å². The molecule has 3 rings (SSSR count). The molecule has 0 unspecified atom stereocenters. The van der Waals surface area contributed by atoms with Gasteiger partial charge in [-0.05, 0) is 19.1 Å². The third-order valence-electron chi connectivity index (χ3n) is 2.53. The van der Waals surface area contributed by atoms with Crippen LogP contribution in [0.2, 0.25) is 5.15 Å². The number of imidazole rings is 1. The van der Waals surface area contributed by atoms with E-state index < -0.39 is 5.97 Å². The molecule has 3 heterocycles. The van der Waals surface area contributed by atoms with Crippen LogP contribution in [0.25, 0.3) is 17.1 Å². The van der Waals surface area contributed by atoms with Gasteiger partial charge in [-0.3, -0.25) is 0 Å². The summed E-state index contributed by atoms with van der Waals surface area (Å²) in [5.41, 5.74) is 1.21. The molecule has 3 aromatic heterocycles. The maximum Gasteiger partial charge on any atom is 0.360 e. The summed E-state index contributed by atoms with van der Waals surface area (Å²) in [6.45, 7) is 1.99. The molecule has 0 saturated carbocycles. The Balaban J connectivity index is 1.96. The lowest BCUT2D eigenvalue weighted by Gasteiger charge is -1.94. The molecule has 0 aromatic carbocycles. The van der Waals surface area contributed by atoms with Crippen LogP contribution in [-0.2, 0) is 4.74 Å². The summed E-state index contributed by atoms with van der Waals surface area (Å²) in [4.78, 5) is 15.8. The van der Waals surface area contributed by atoms with Gasteiger partial charge in [0.1, 0.15) is 10.8 Å². The van der Waals surface area contributed by atoms with Gasteiger partial charge in [0, 0.05) is 6.07 Å². The van der Waals surface area contributed by atoms with Crippen LogP contribution >= 0.6 is 11.6 Å². The van der Waals surface area contributed by atoms with Crippen LogP contribution in [0.1, 0.15) is 17.4 Å². The second kappa shape index (κ2) is 4.93.